The van der Waals surface area contributed by atoms with Crippen LogP contribution in [0.25, 0.3) is 0 Å². The molecule has 0 heterocycles. The Balaban J connectivity index is 2.04. The van der Waals surface area contributed by atoms with Crippen molar-refractivity contribution in [2.75, 3.05) is 12.4 Å². The van der Waals surface area contributed by atoms with Crippen LogP contribution < -0.4 is 15.4 Å². The normalized spacial score (nSPS) is 12.9. The molecule has 7 heteroatoms. The SMILES string of the molecule is COc1cc([N+](=O)[O-])ccc1NC(=O)[C@H](C)N[C@@H](C)c1ccccc1. The van der Waals surface area contributed by atoms with Crippen molar-refractivity contribution in [3.05, 3.63) is 64.2 Å². The summed E-state index contributed by atoms with van der Waals surface area (Å²) in [6, 6.07) is 13.4. The number of non-ortho nitro benzene ring substituents is 1. The van der Waals surface area contributed by atoms with Crippen LogP contribution >= 0.6 is 0 Å². The molecule has 7 nitrogen and oxygen atoms in total. The molecule has 0 bridgehead atoms. The van der Waals surface area contributed by atoms with Crippen LogP contribution in [0.15, 0.2) is 48.5 Å². The number of hydrogen-bond donors (Lipinski definition) is 2. The van der Waals surface area contributed by atoms with E-state index in [4.69, 9.17) is 4.74 Å². The van der Waals surface area contributed by atoms with E-state index >= 15 is 0 Å². The van der Waals surface area contributed by atoms with E-state index in [1.54, 1.807) is 6.92 Å². The third kappa shape index (κ3) is 4.77. The molecule has 0 aromatic heterocycles. The first-order valence-corrected chi connectivity index (χ1v) is 7.86. The van der Waals surface area contributed by atoms with Gasteiger partial charge in [-0.25, -0.2) is 0 Å². The van der Waals surface area contributed by atoms with Crippen LogP contribution in [0.1, 0.15) is 25.5 Å². The van der Waals surface area contributed by atoms with Gasteiger partial charge in [0, 0.05) is 12.1 Å². The highest BCUT2D eigenvalue weighted by Crippen LogP contribution is 2.29. The van der Waals surface area contributed by atoms with Crippen molar-refractivity contribution >= 4 is 17.3 Å². The van der Waals surface area contributed by atoms with Crippen LogP contribution in [0.5, 0.6) is 5.75 Å². The molecule has 0 unspecified atom stereocenters. The standard InChI is InChI=1S/C18H21N3O4/c1-12(14-7-5-4-6-8-14)19-13(2)18(22)20-16-10-9-15(21(23)24)11-17(16)25-3/h4-13,19H,1-3H3,(H,20,22)/t12-,13-/m0/s1. The molecule has 2 aromatic carbocycles. The number of nitro benzene ring substituents is 1. The molecule has 0 saturated heterocycles. The van der Waals surface area contributed by atoms with Gasteiger partial charge in [-0.05, 0) is 25.5 Å². The lowest BCUT2D eigenvalue weighted by Gasteiger charge is -2.20. The molecule has 2 atom stereocenters. The molecule has 0 saturated carbocycles. The van der Waals surface area contributed by atoms with Crippen LogP contribution in [0.2, 0.25) is 0 Å². The van der Waals surface area contributed by atoms with Gasteiger partial charge in [-0.1, -0.05) is 30.3 Å². The summed E-state index contributed by atoms with van der Waals surface area (Å²) in [5, 5.41) is 16.8. The molecule has 0 radical (unpaired) electrons. The van der Waals surface area contributed by atoms with Crippen LogP contribution in [-0.4, -0.2) is 24.0 Å². The Morgan fingerprint density at radius 3 is 2.44 bits per heavy atom. The lowest BCUT2D eigenvalue weighted by Crippen LogP contribution is -2.39. The van der Waals surface area contributed by atoms with Gasteiger partial charge in [0.05, 0.1) is 29.8 Å². The number of methoxy groups -OCH3 is 1. The number of carbonyl (C=O) groups excluding carboxylic acids is 1. The van der Waals surface area contributed by atoms with Crippen molar-refractivity contribution in [2.24, 2.45) is 0 Å². The number of nitrogens with zero attached hydrogens (tertiary/aromatic N) is 1. The van der Waals surface area contributed by atoms with Gasteiger partial charge in [-0.2, -0.15) is 0 Å². The Morgan fingerprint density at radius 2 is 1.84 bits per heavy atom. The maximum Gasteiger partial charge on any atom is 0.273 e. The average Bonchev–Trinajstić information content (AvgIpc) is 2.62. The molecule has 132 valence electrons. The quantitative estimate of drug-likeness (QED) is 0.594. The van der Waals surface area contributed by atoms with Crippen molar-refractivity contribution in [2.45, 2.75) is 25.9 Å². The van der Waals surface area contributed by atoms with E-state index in [-0.39, 0.29) is 23.4 Å². The second-order valence-corrected chi connectivity index (χ2v) is 5.65. The van der Waals surface area contributed by atoms with Crippen molar-refractivity contribution in [1.82, 2.24) is 5.32 Å². The van der Waals surface area contributed by atoms with Gasteiger partial charge in [0.2, 0.25) is 5.91 Å². The molecule has 1 amide bonds. The van der Waals surface area contributed by atoms with E-state index < -0.39 is 11.0 Å². The molecular weight excluding hydrogens is 322 g/mol. The third-order valence-corrected chi connectivity index (χ3v) is 3.85. The van der Waals surface area contributed by atoms with Crippen LogP contribution in [0.3, 0.4) is 0 Å². The largest absolute Gasteiger partial charge is 0.494 e. The van der Waals surface area contributed by atoms with Crippen molar-refractivity contribution in [1.29, 1.82) is 0 Å². The molecule has 0 aliphatic carbocycles. The van der Waals surface area contributed by atoms with E-state index in [0.717, 1.165) is 5.56 Å². The average molecular weight is 343 g/mol. The van der Waals surface area contributed by atoms with Crippen molar-refractivity contribution in [3.8, 4) is 5.75 Å². The van der Waals surface area contributed by atoms with E-state index in [1.165, 1.54) is 25.3 Å². The minimum Gasteiger partial charge on any atom is -0.494 e. The minimum absolute atomic E-state index is 0.000654. The number of carbonyl (C=O) groups is 1. The van der Waals surface area contributed by atoms with Crippen LogP contribution in [0, 0.1) is 10.1 Å². The lowest BCUT2D eigenvalue weighted by atomic mass is 10.1. The zero-order chi connectivity index (χ0) is 18.4. The first kappa shape index (κ1) is 18.4. The first-order chi connectivity index (χ1) is 11.9. The molecule has 0 spiro atoms. The van der Waals surface area contributed by atoms with Crippen molar-refractivity contribution in [3.63, 3.8) is 0 Å². The Kier molecular flexibility index (Phi) is 6.08. The molecule has 25 heavy (non-hydrogen) atoms. The van der Waals surface area contributed by atoms with Gasteiger partial charge in [-0.3, -0.25) is 20.2 Å². The minimum atomic E-state index is -0.514. The number of nitrogens with one attached hydrogen (secondary N) is 2. The Labute approximate surface area is 146 Å². The fraction of sp³-hybridized carbons (Fsp3) is 0.278. The van der Waals surface area contributed by atoms with Crippen LogP contribution in [0.4, 0.5) is 11.4 Å². The number of amides is 1. The second kappa shape index (κ2) is 8.25. The van der Waals surface area contributed by atoms with Crippen molar-refractivity contribution < 1.29 is 14.5 Å². The van der Waals surface area contributed by atoms with Gasteiger partial charge in [-0.15, -0.1) is 0 Å². The first-order valence-electron chi connectivity index (χ1n) is 7.86. The third-order valence-electron chi connectivity index (χ3n) is 3.85. The topological polar surface area (TPSA) is 93.5 Å². The van der Waals surface area contributed by atoms with Gasteiger partial charge < -0.3 is 10.1 Å². The van der Waals surface area contributed by atoms with E-state index in [0.29, 0.717) is 5.69 Å². The summed E-state index contributed by atoms with van der Waals surface area (Å²) in [5.74, 6) is -0.0132. The number of rotatable bonds is 7. The summed E-state index contributed by atoms with van der Waals surface area (Å²) in [7, 11) is 1.40. The molecular formula is C18H21N3O4. The maximum absolute atomic E-state index is 12.4. The fourth-order valence-electron chi connectivity index (χ4n) is 2.43. The molecule has 0 aliphatic heterocycles. The monoisotopic (exact) mass is 343 g/mol. The highest BCUT2D eigenvalue weighted by Gasteiger charge is 2.19. The molecule has 0 aliphatic rings. The summed E-state index contributed by atoms with van der Waals surface area (Å²) in [4.78, 5) is 22.7. The lowest BCUT2D eigenvalue weighted by molar-refractivity contribution is -0.384. The van der Waals surface area contributed by atoms with E-state index in [1.807, 2.05) is 37.3 Å². The summed E-state index contributed by atoms with van der Waals surface area (Å²) in [5.41, 5.74) is 1.37. The van der Waals surface area contributed by atoms with Gasteiger partial charge in [0.15, 0.2) is 0 Å². The summed E-state index contributed by atoms with van der Waals surface area (Å²) < 4.78 is 5.13. The Morgan fingerprint density at radius 1 is 1.16 bits per heavy atom. The predicted octanol–water partition coefficient (Wildman–Crippen LogP) is 3.28. The van der Waals surface area contributed by atoms with Gasteiger partial charge in [0.1, 0.15) is 5.75 Å². The molecule has 0 fully saturated rings. The highest BCUT2D eigenvalue weighted by molar-refractivity contribution is 5.96. The molecule has 2 N–H and O–H groups in total. The molecule has 2 rings (SSSR count). The van der Waals surface area contributed by atoms with Gasteiger partial charge in [0.25, 0.3) is 5.69 Å². The number of anilines is 1. The Bertz CT molecular complexity index is 749. The van der Waals surface area contributed by atoms with Gasteiger partial charge >= 0.3 is 0 Å². The highest BCUT2D eigenvalue weighted by atomic mass is 16.6. The number of nitro groups is 1. The fourth-order valence-corrected chi connectivity index (χ4v) is 2.43. The smallest absolute Gasteiger partial charge is 0.273 e. The summed E-state index contributed by atoms with van der Waals surface area (Å²) in [6.07, 6.45) is 0. The second-order valence-electron chi connectivity index (χ2n) is 5.65. The zero-order valence-corrected chi connectivity index (χ0v) is 14.4. The number of hydrogen-bond acceptors (Lipinski definition) is 5. The number of benzene rings is 2. The predicted molar refractivity (Wildman–Crippen MR) is 95.7 cm³/mol. The summed E-state index contributed by atoms with van der Waals surface area (Å²) in [6.45, 7) is 3.73. The van der Waals surface area contributed by atoms with Crippen LogP contribution in [-0.2, 0) is 4.79 Å². The Hall–Kier alpha value is -2.93. The van der Waals surface area contributed by atoms with E-state index in [2.05, 4.69) is 10.6 Å². The zero-order valence-electron chi connectivity index (χ0n) is 14.4. The molecule has 2 aromatic rings. The summed E-state index contributed by atoms with van der Waals surface area (Å²) >= 11 is 0. The van der Waals surface area contributed by atoms with E-state index in [9.17, 15) is 14.9 Å². The number of ether oxygens (including phenoxy) is 1. The maximum atomic E-state index is 12.4.